The van der Waals surface area contributed by atoms with Crippen LogP contribution in [-0.4, -0.2) is 42.1 Å². The summed E-state index contributed by atoms with van der Waals surface area (Å²) in [7, 11) is -2.24. The number of aromatic nitrogens is 2. The van der Waals surface area contributed by atoms with E-state index < -0.39 is 16.0 Å². The summed E-state index contributed by atoms with van der Waals surface area (Å²) in [5.74, 6) is -1.34. The number of aryl methyl sites for hydroxylation is 2. The van der Waals surface area contributed by atoms with Gasteiger partial charge in [0.05, 0.1) is 39.8 Å². The van der Waals surface area contributed by atoms with Crippen LogP contribution in [0.25, 0.3) is 0 Å². The molecule has 3 aromatic rings. The van der Waals surface area contributed by atoms with Crippen molar-refractivity contribution >= 4 is 33.2 Å². The molecule has 0 atom stereocenters. The number of hydrogen-bond acceptors (Lipinski definition) is 6. The van der Waals surface area contributed by atoms with Crippen molar-refractivity contribution < 1.29 is 23.1 Å². The number of benzene rings is 2. The van der Waals surface area contributed by atoms with Crippen molar-refractivity contribution in [2.24, 2.45) is 0 Å². The van der Waals surface area contributed by atoms with Crippen LogP contribution in [0.3, 0.4) is 0 Å². The second kappa shape index (κ2) is 10.1. The van der Waals surface area contributed by atoms with E-state index in [1.54, 1.807) is 13.1 Å². The van der Waals surface area contributed by atoms with Crippen LogP contribution in [0.5, 0.6) is 0 Å². The lowest BCUT2D eigenvalue weighted by Crippen LogP contribution is -2.22. The van der Waals surface area contributed by atoms with E-state index in [0.29, 0.717) is 17.8 Å². The van der Waals surface area contributed by atoms with Gasteiger partial charge < -0.3 is 10.0 Å². The summed E-state index contributed by atoms with van der Waals surface area (Å²) in [4.78, 5) is 24.8. The Balaban J connectivity index is 1.97. The van der Waals surface area contributed by atoms with Gasteiger partial charge in [-0.1, -0.05) is 19.1 Å². The average Bonchev–Trinajstić information content (AvgIpc) is 3.12. The number of nitrogens with one attached hydrogen (secondary N) is 1. The van der Waals surface area contributed by atoms with Crippen molar-refractivity contribution in [1.82, 2.24) is 9.78 Å². The SMILES string of the molecule is CCCn1nc(C)cc1CN(C)c1ccc(C(=O)O)cc1NS(=O)(=O)c1ccc(C(C)=O)cc1. The van der Waals surface area contributed by atoms with E-state index in [4.69, 9.17) is 0 Å². The molecule has 0 aliphatic carbocycles. The predicted molar refractivity (Wildman–Crippen MR) is 130 cm³/mol. The van der Waals surface area contributed by atoms with Crippen LogP contribution in [-0.2, 0) is 23.1 Å². The highest BCUT2D eigenvalue weighted by atomic mass is 32.2. The number of carbonyl (C=O) groups is 2. The number of ketones is 1. The molecule has 180 valence electrons. The summed E-state index contributed by atoms with van der Waals surface area (Å²) in [6, 6.07) is 11.8. The Kier molecular flexibility index (Phi) is 7.41. The largest absolute Gasteiger partial charge is 0.478 e. The minimum atomic E-state index is -4.04. The lowest BCUT2D eigenvalue weighted by atomic mass is 10.1. The molecule has 0 bridgehead atoms. The molecule has 0 fully saturated rings. The van der Waals surface area contributed by atoms with Gasteiger partial charge in [0.1, 0.15) is 0 Å². The quantitative estimate of drug-likeness (QED) is 0.418. The highest BCUT2D eigenvalue weighted by molar-refractivity contribution is 7.92. The molecular formula is C24H28N4O5S. The van der Waals surface area contributed by atoms with Crippen molar-refractivity contribution in [2.45, 2.75) is 45.2 Å². The van der Waals surface area contributed by atoms with Gasteiger partial charge >= 0.3 is 5.97 Å². The van der Waals surface area contributed by atoms with Crippen molar-refractivity contribution in [2.75, 3.05) is 16.7 Å². The molecule has 0 saturated carbocycles. The van der Waals surface area contributed by atoms with Crippen LogP contribution in [0.2, 0.25) is 0 Å². The highest BCUT2D eigenvalue weighted by Gasteiger charge is 2.20. The molecule has 2 N–H and O–H groups in total. The maximum Gasteiger partial charge on any atom is 0.335 e. The maximum atomic E-state index is 13.1. The van der Waals surface area contributed by atoms with E-state index in [9.17, 15) is 23.1 Å². The Morgan fingerprint density at radius 3 is 2.32 bits per heavy atom. The number of anilines is 2. The molecule has 0 saturated heterocycles. The Labute approximate surface area is 199 Å². The number of rotatable bonds is 10. The third kappa shape index (κ3) is 5.63. The van der Waals surface area contributed by atoms with E-state index >= 15 is 0 Å². The van der Waals surface area contributed by atoms with E-state index in [2.05, 4.69) is 16.7 Å². The first-order valence-corrected chi connectivity index (χ1v) is 12.3. The van der Waals surface area contributed by atoms with Crippen LogP contribution in [0, 0.1) is 6.92 Å². The molecule has 0 unspecified atom stereocenters. The number of hydrogen-bond donors (Lipinski definition) is 2. The minimum absolute atomic E-state index is 0.0384. The Hall–Kier alpha value is -3.66. The molecule has 34 heavy (non-hydrogen) atoms. The first-order chi connectivity index (χ1) is 16.0. The zero-order valence-electron chi connectivity index (χ0n) is 19.6. The summed E-state index contributed by atoms with van der Waals surface area (Å²) in [5, 5.41) is 13.9. The number of sulfonamides is 1. The summed E-state index contributed by atoms with van der Waals surface area (Å²) < 4.78 is 30.6. The van der Waals surface area contributed by atoms with E-state index in [0.717, 1.165) is 24.4 Å². The highest BCUT2D eigenvalue weighted by Crippen LogP contribution is 2.30. The van der Waals surface area contributed by atoms with Crippen molar-refractivity contribution in [3.05, 3.63) is 71.0 Å². The lowest BCUT2D eigenvalue weighted by Gasteiger charge is -2.24. The third-order valence-electron chi connectivity index (χ3n) is 5.29. The fourth-order valence-electron chi connectivity index (χ4n) is 3.62. The van der Waals surface area contributed by atoms with Gasteiger partial charge in [-0.3, -0.25) is 14.2 Å². The molecule has 9 nitrogen and oxygen atoms in total. The van der Waals surface area contributed by atoms with Gasteiger partial charge in [-0.05, 0) is 56.7 Å². The van der Waals surface area contributed by atoms with Gasteiger partial charge in [-0.25, -0.2) is 13.2 Å². The van der Waals surface area contributed by atoms with E-state index in [-0.39, 0.29) is 21.9 Å². The molecular weight excluding hydrogens is 456 g/mol. The van der Waals surface area contributed by atoms with Gasteiger partial charge in [0.15, 0.2) is 5.78 Å². The lowest BCUT2D eigenvalue weighted by molar-refractivity contribution is 0.0696. The molecule has 0 aliphatic heterocycles. The first-order valence-electron chi connectivity index (χ1n) is 10.8. The van der Waals surface area contributed by atoms with E-state index in [1.165, 1.54) is 43.3 Å². The van der Waals surface area contributed by atoms with Crippen LogP contribution in [0.4, 0.5) is 11.4 Å². The molecule has 2 aromatic carbocycles. The van der Waals surface area contributed by atoms with Gasteiger partial charge in [-0.2, -0.15) is 5.10 Å². The summed E-state index contributed by atoms with van der Waals surface area (Å²) >= 11 is 0. The standard InChI is InChI=1S/C24H28N4O5S/c1-5-12-28-20(13-16(2)25-28)15-27(4)23-11-8-19(24(30)31)14-22(23)26-34(32,33)21-9-6-18(7-10-21)17(3)29/h6-11,13-14,26H,5,12,15H2,1-4H3,(H,30,31). The Morgan fingerprint density at radius 1 is 1.09 bits per heavy atom. The van der Waals surface area contributed by atoms with Crippen LogP contribution >= 0.6 is 0 Å². The monoisotopic (exact) mass is 484 g/mol. The normalized spacial score (nSPS) is 11.3. The number of carbonyl (C=O) groups excluding carboxylic acids is 1. The van der Waals surface area contributed by atoms with Crippen LogP contribution < -0.4 is 9.62 Å². The van der Waals surface area contributed by atoms with Crippen molar-refractivity contribution in [1.29, 1.82) is 0 Å². The van der Waals surface area contributed by atoms with Crippen LogP contribution in [0.15, 0.2) is 53.4 Å². The van der Waals surface area contributed by atoms with Crippen LogP contribution in [0.1, 0.15) is 52.4 Å². The Bertz CT molecular complexity index is 1310. The number of nitrogens with zero attached hydrogens (tertiary/aromatic N) is 3. The number of carboxylic acids is 1. The molecule has 0 spiro atoms. The molecule has 0 aliphatic rings. The van der Waals surface area contributed by atoms with Gasteiger partial charge in [0, 0.05) is 19.2 Å². The molecule has 10 heteroatoms. The third-order valence-corrected chi connectivity index (χ3v) is 6.67. The molecule has 0 amide bonds. The molecule has 3 rings (SSSR count). The molecule has 1 heterocycles. The predicted octanol–water partition coefficient (Wildman–Crippen LogP) is 3.94. The fraction of sp³-hybridized carbons (Fsp3) is 0.292. The summed E-state index contributed by atoms with van der Waals surface area (Å²) in [5.41, 5.74) is 2.83. The maximum absolute atomic E-state index is 13.1. The second-order valence-corrected chi connectivity index (χ2v) is 9.76. The number of aromatic carboxylic acids is 1. The zero-order valence-corrected chi connectivity index (χ0v) is 20.4. The number of carboxylic acid groups (broad SMARTS) is 1. The first kappa shape index (κ1) is 25.0. The second-order valence-electron chi connectivity index (χ2n) is 8.08. The molecule has 1 aromatic heterocycles. The van der Waals surface area contributed by atoms with E-state index in [1.807, 2.05) is 22.6 Å². The molecule has 0 radical (unpaired) electrons. The zero-order chi connectivity index (χ0) is 25.0. The Morgan fingerprint density at radius 2 is 1.74 bits per heavy atom. The van der Waals surface area contributed by atoms with Crippen molar-refractivity contribution in [3.8, 4) is 0 Å². The summed E-state index contributed by atoms with van der Waals surface area (Å²) in [6.07, 6.45) is 0.915. The topological polar surface area (TPSA) is 122 Å². The van der Waals surface area contributed by atoms with Gasteiger partial charge in [0.2, 0.25) is 0 Å². The smallest absolute Gasteiger partial charge is 0.335 e. The van der Waals surface area contributed by atoms with Gasteiger partial charge in [-0.15, -0.1) is 0 Å². The van der Waals surface area contributed by atoms with Crippen molar-refractivity contribution in [3.63, 3.8) is 0 Å². The fourth-order valence-corrected chi connectivity index (χ4v) is 4.68. The summed E-state index contributed by atoms with van der Waals surface area (Å²) in [6.45, 7) is 6.56. The number of Topliss-reactive ketones (excluding diaryl/α,β-unsaturated/α-hetero) is 1. The average molecular weight is 485 g/mol. The minimum Gasteiger partial charge on any atom is -0.478 e. The van der Waals surface area contributed by atoms with Gasteiger partial charge in [0.25, 0.3) is 10.0 Å².